The van der Waals surface area contributed by atoms with Crippen LogP contribution in [0.25, 0.3) is 0 Å². The maximum atomic E-state index is 4.67. The van der Waals surface area contributed by atoms with Gasteiger partial charge in [-0.05, 0) is 0 Å². The van der Waals surface area contributed by atoms with Gasteiger partial charge in [0.25, 0.3) is 0 Å². The molecule has 0 bridgehead atoms. The van der Waals surface area contributed by atoms with Crippen molar-refractivity contribution in [2.75, 3.05) is 0 Å². The number of rotatable bonds is 0. The first-order valence-corrected chi connectivity index (χ1v) is 0.911. The zero-order valence-corrected chi connectivity index (χ0v) is 5.57. The molecule has 1 heteroatoms. The van der Waals surface area contributed by atoms with Crippen molar-refractivity contribution in [2.45, 2.75) is 0 Å². The molecule has 0 fully saturated rings. The van der Waals surface area contributed by atoms with Crippen molar-refractivity contribution in [1.82, 2.24) is 0 Å². The molecule has 0 spiro atoms. The van der Waals surface area contributed by atoms with Gasteiger partial charge in [-0.1, -0.05) is 0 Å². The number of hydrogen-bond acceptors (Lipinski definition) is 0. The molecule has 0 aliphatic heterocycles. The van der Waals surface area contributed by atoms with E-state index in [4.69, 9.17) is 0 Å². The predicted octanol–water partition coefficient (Wildman–Crippen LogP) is 0.606. The average molecular weight is 235 g/mol. The third-order valence-corrected chi connectivity index (χ3v) is 0.0962. The summed E-state index contributed by atoms with van der Waals surface area (Å²) in [5.74, 6) is 2.08. The van der Waals surface area contributed by atoms with Crippen molar-refractivity contribution >= 4 is 0 Å². The van der Waals surface area contributed by atoms with Crippen LogP contribution in [0.4, 0.5) is 0 Å². The maximum absolute atomic E-state index is 4.67. The second-order valence-corrected chi connectivity index (χ2v) is 0.333. The molecule has 0 atom stereocenters. The molecule has 0 saturated carbocycles. The molecule has 0 unspecified atom stereocenters. The van der Waals surface area contributed by atoms with Crippen LogP contribution < -0.4 is 0 Å². The smallest absolute Gasteiger partial charge is 0.311 e. The summed E-state index contributed by atoms with van der Waals surface area (Å²) in [6.45, 7) is 4.67. The van der Waals surface area contributed by atoms with Gasteiger partial charge in [0, 0.05) is 0 Å². The Labute approximate surface area is 46.5 Å². The summed E-state index contributed by atoms with van der Waals surface area (Å²) in [5, 5.41) is 0. The van der Waals surface area contributed by atoms with Crippen LogP contribution in [-0.2, 0) is 21.1 Å². The Hall–Kier alpha value is -0.0117. The van der Waals surface area contributed by atoms with Gasteiger partial charge in [0.15, 0.2) is 0 Å². The van der Waals surface area contributed by atoms with Crippen molar-refractivity contribution < 1.29 is 21.1 Å². The fraction of sp³-hybridized carbons (Fsp3) is 0. The van der Waals surface area contributed by atoms with Gasteiger partial charge in [0.2, 0.25) is 0 Å². The molecule has 5 heavy (non-hydrogen) atoms. The Morgan fingerprint density at radius 1 is 1.80 bits per heavy atom. The molecule has 0 rings (SSSR count). The monoisotopic (exact) mass is 235 g/mol. The summed E-state index contributed by atoms with van der Waals surface area (Å²) in [5.41, 5.74) is 0. The molecule has 24 valence electrons. The second-order valence-electron chi connectivity index (χ2n) is 0.333. The first-order chi connectivity index (χ1) is 1.91. The van der Waals surface area contributed by atoms with Gasteiger partial charge in [-0.25, -0.2) is 12.5 Å². The molecule has 0 saturated heterocycles. The van der Waals surface area contributed by atoms with E-state index in [1.54, 1.807) is 0 Å². The first-order valence-electron chi connectivity index (χ1n) is 0.911. The van der Waals surface area contributed by atoms with Crippen LogP contribution in [-0.4, -0.2) is 0 Å². The normalized spacial score (nSPS) is 3.00. The van der Waals surface area contributed by atoms with Crippen molar-refractivity contribution in [1.29, 1.82) is 0 Å². The van der Waals surface area contributed by atoms with Crippen LogP contribution in [0.15, 0.2) is 6.08 Å². The van der Waals surface area contributed by atoms with Crippen LogP contribution in [0.2, 0.25) is 0 Å². The third kappa shape index (κ3) is 16.1. The minimum absolute atomic E-state index is 0. The minimum atomic E-state index is 0. The fourth-order valence-electron chi connectivity index (χ4n) is 0. The van der Waals surface area contributed by atoms with Crippen LogP contribution >= 0.6 is 0 Å². The van der Waals surface area contributed by atoms with Crippen LogP contribution in [0, 0.1) is 18.9 Å². The van der Waals surface area contributed by atoms with E-state index in [2.05, 4.69) is 18.9 Å². The summed E-state index contributed by atoms with van der Waals surface area (Å²) in [6.07, 6.45) is 5.75. The summed E-state index contributed by atoms with van der Waals surface area (Å²) in [7, 11) is 0. The second kappa shape index (κ2) is 9.01. The predicted molar refractivity (Wildman–Crippen MR) is 17.7 cm³/mol. The summed E-state index contributed by atoms with van der Waals surface area (Å²) >= 11 is 0. The molecule has 0 aliphatic rings. The van der Waals surface area contributed by atoms with E-state index >= 15 is 0 Å². The van der Waals surface area contributed by atoms with Crippen LogP contribution in [0.3, 0.4) is 0 Å². The topological polar surface area (TPSA) is 0 Å². The summed E-state index contributed by atoms with van der Waals surface area (Å²) in [4.78, 5) is 0. The molecular formula is C4H3W+. The van der Waals surface area contributed by atoms with E-state index in [1.807, 2.05) is 0 Å². The van der Waals surface area contributed by atoms with Crippen molar-refractivity contribution in [3.8, 4) is 12.3 Å². The molecule has 0 aliphatic carbocycles. The summed E-state index contributed by atoms with van der Waals surface area (Å²) in [6, 6.07) is 0. The third-order valence-electron chi connectivity index (χ3n) is 0.0962. The van der Waals surface area contributed by atoms with Gasteiger partial charge in [-0.15, -0.1) is 0 Å². The van der Waals surface area contributed by atoms with E-state index in [-0.39, 0.29) is 21.1 Å². The Kier molecular flexibility index (Phi) is 16.0. The molecule has 0 heterocycles. The standard InChI is InChI=1S/C4H3.W/c1-3-4-2;/h1-3H;/q-1;+2. The van der Waals surface area contributed by atoms with Gasteiger partial charge in [0.1, 0.15) is 0 Å². The van der Waals surface area contributed by atoms with Crippen LogP contribution in [0.5, 0.6) is 0 Å². The van der Waals surface area contributed by atoms with Crippen molar-refractivity contribution in [3.05, 3.63) is 12.7 Å². The largest absolute Gasteiger partial charge is 2.00 e. The Morgan fingerprint density at radius 3 is 2.00 bits per heavy atom. The van der Waals surface area contributed by atoms with E-state index < -0.39 is 0 Å². The maximum Gasteiger partial charge on any atom is 2.00 e. The molecule has 0 radical (unpaired) electrons. The zero-order valence-electron chi connectivity index (χ0n) is 2.64. The molecule has 0 nitrogen and oxygen atoms in total. The first kappa shape index (κ1) is 8.89. The molecule has 0 N–H and O–H groups in total. The Bertz CT molecular complexity index is 49.2. The van der Waals surface area contributed by atoms with Crippen LogP contribution in [0.1, 0.15) is 0 Å². The van der Waals surface area contributed by atoms with Gasteiger partial charge in [-0.2, -0.15) is 0 Å². The van der Waals surface area contributed by atoms with Gasteiger partial charge >= 0.3 is 21.1 Å². The van der Waals surface area contributed by atoms with E-state index in [9.17, 15) is 0 Å². The van der Waals surface area contributed by atoms with E-state index in [0.717, 1.165) is 6.08 Å². The van der Waals surface area contributed by atoms with Gasteiger partial charge in [0.05, 0.1) is 0 Å². The van der Waals surface area contributed by atoms with E-state index in [0.29, 0.717) is 0 Å². The summed E-state index contributed by atoms with van der Waals surface area (Å²) < 4.78 is 0. The Balaban J connectivity index is 0. The SMILES string of the molecule is C#CC=[CH-].[W+2]. The molecule has 0 aromatic carbocycles. The molecule has 0 aromatic heterocycles. The number of terminal acetylenes is 1. The quantitative estimate of drug-likeness (QED) is 0.426. The van der Waals surface area contributed by atoms with E-state index in [1.165, 1.54) is 0 Å². The van der Waals surface area contributed by atoms with Crippen molar-refractivity contribution in [3.63, 3.8) is 0 Å². The number of allylic oxidation sites excluding steroid dienone is 1. The molecule has 0 aromatic rings. The zero-order chi connectivity index (χ0) is 3.41. The van der Waals surface area contributed by atoms with Gasteiger partial charge in [-0.3, -0.25) is 6.58 Å². The molecule has 0 amide bonds. The van der Waals surface area contributed by atoms with Gasteiger partial charge < -0.3 is 5.92 Å². The molecular weight excluding hydrogens is 232 g/mol. The average Bonchev–Trinajstić information content (AvgIpc) is 1.37. The van der Waals surface area contributed by atoms with Crippen molar-refractivity contribution in [2.24, 2.45) is 0 Å². The minimum Gasteiger partial charge on any atom is -0.311 e. The fourth-order valence-corrected chi connectivity index (χ4v) is 0. The Morgan fingerprint density at radius 2 is 2.00 bits per heavy atom. The number of hydrogen-bond donors (Lipinski definition) is 0.